The van der Waals surface area contributed by atoms with Crippen LogP contribution in [0.15, 0.2) is 73.1 Å². The van der Waals surface area contributed by atoms with E-state index < -0.39 is 0 Å². The summed E-state index contributed by atoms with van der Waals surface area (Å²) >= 11 is 0. The van der Waals surface area contributed by atoms with Gasteiger partial charge in [-0.3, -0.25) is 4.79 Å². The van der Waals surface area contributed by atoms with Crippen LogP contribution in [0.25, 0.3) is 5.69 Å². The molecule has 4 rings (SSSR count). The van der Waals surface area contributed by atoms with E-state index in [1.165, 1.54) is 0 Å². The molecule has 1 fully saturated rings. The molecule has 7 nitrogen and oxygen atoms in total. The predicted octanol–water partition coefficient (Wildman–Crippen LogP) is 3.36. The summed E-state index contributed by atoms with van der Waals surface area (Å²) < 4.78 is 1.73. The lowest BCUT2D eigenvalue weighted by molar-refractivity contribution is -0.128. The van der Waals surface area contributed by atoms with E-state index in [4.69, 9.17) is 0 Å². The van der Waals surface area contributed by atoms with Crippen LogP contribution in [0.1, 0.15) is 24.4 Å². The van der Waals surface area contributed by atoms with Crippen LogP contribution in [0.2, 0.25) is 0 Å². The van der Waals surface area contributed by atoms with Crippen molar-refractivity contribution in [2.24, 2.45) is 0 Å². The first-order valence-electron chi connectivity index (χ1n) is 9.69. The molecule has 148 valence electrons. The Morgan fingerprint density at radius 1 is 1.10 bits per heavy atom. The molecule has 1 aliphatic heterocycles. The molecule has 0 radical (unpaired) electrons. The molecular formula is C22H23N5O2. The van der Waals surface area contributed by atoms with Gasteiger partial charge in [0.1, 0.15) is 0 Å². The van der Waals surface area contributed by atoms with Gasteiger partial charge in [0.15, 0.2) is 0 Å². The summed E-state index contributed by atoms with van der Waals surface area (Å²) in [6.45, 7) is 1.20. The Balaban J connectivity index is 1.46. The molecule has 1 saturated heterocycles. The zero-order valence-electron chi connectivity index (χ0n) is 16.0. The van der Waals surface area contributed by atoms with Gasteiger partial charge in [-0.25, -0.2) is 9.48 Å². The summed E-state index contributed by atoms with van der Waals surface area (Å²) in [6, 6.07) is 18.4. The second-order valence-corrected chi connectivity index (χ2v) is 7.01. The molecule has 0 unspecified atom stereocenters. The summed E-state index contributed by atoms with van der Waals surface area (Å²) in [5.74, 6) is 0.139. The molecule has 2 N–H and O–H groups in total. The molecule has 1 aromatic heterocycles. The zero-order valence-corrected chi connectivity index (χ0v) is 16.0. The van der Waals surface area contributed by atoms with Crippen LogP contribution >= 0.6 is 0 Å². The van der Waals surface area contributed by atoms with Crippen LogP contribution in [0, 0.1) is 0 Å². The number of benzene rings is 2. The molecule has 0 spiro atoms. The normalized spacial score (nSPS) is 14.6. The van der Waals surface area contributed by atoms with Crippen molar-refractivity contribution in [2.45, 2.75) is 18.9 Å². The van der Waals surface area contributed by atoms with E-state index in [1.807, 2.05) is 71.8 Å². The van der Waals surface area contributed by atoms with E-state index in [2.05, 4.69) is 15.7 Å². The monoisotopic (exact) mass is 389 g/mol. The van der Waals surface area contributed by atoms with Gasteiger partial charge in [0.05, 0.1) is 11.7 Å². The molecule has 1 atom stereocenters. The fraction of sp³-hybridized carbons (Fsp3) is 0.227. The maximum absolute atomic E-state index is 12.7. The number of urea groups is 1. The molecular weight excluding hydrogens is 366 g/mol. The largest absolute Gasteiger partial charge is 0.340 e. The number of nitrogens with zero attached hydrogens (tertiary/aromatic N) is 3. The number of amides is 3. The van der Waals surface area contributed by atoms with Crippen molar-refractivity contribution in [3.05, 3.63) is 78.6 Å². The first-order chi connectivity index (χ1) is 14.2. The molecule has 0 aliphatic carbocycles. The fourth-order valence-electron chi connectivity index (χ4n) is 3.51. The number of nitrogens with one attached hydrogen (secondary N) is 2. The van der Waals surface area contributed by atoms with Gasteiger partial charge in [0.25, 0.3) is 0 Å². The van der Waals surface area contributed by atoms with Crippen LogP contribution in [-0.2, 0) is 4.79 Å². The van der Waals surface area contributed by atoms with Gasteiger partial charge in [-0.1, -0.05) is 36.4 Å². The summed E-state index contributed by atoms with van der Waals surface area (Å²) in [5.41, 5.74) is 2.49. The standard InChI is InChI=1S/C22H23N5O2/c28-21-11-5-13-26(21)16-20(17-7-2-1-3-8-17)25-22(29)24-18-9-4-10-19(15-18)27-14-6-12-23-27/h1-4,6-10,12,14-15,20H,5,11,13,16H2,(H2,24,25,29)/t20-/m0/s1. The number of aromatic nitrogens is 2. The molecule has 3 amide bonds. The van der Waals surface area contributed by atoms with Gasteiger partial charge in [-0.2, -0.15) is 5.10 Å². The predicted molar refractivity (Wildman–Crippen MR) is 111 cm³/mol. The third-order valence-electron chi connectivity index (χ3n) is 4.95. The lowest BCUT2D eigenvalue weighted by Crippen LogP contribution is -2.40. The minimum atomic E-state index is -0.317. The maximum atomic E-state index is 12.7. The molecule has 0 bridgehead atoms. The quantitative estimate of drug-likeness (QED) is 0.678. The van der Waals surface area contributed by atoms with Gasteiger partial charge in [-0.15, -0.1) is 0 Å². The van der Waals surface area contributed by atoms with Crippen LogP contribution in [-0.4, -0.2) is 39.7 Å². The van der Waals surface area contributed by atoms with Crippen molar-refractivity contribution in [1.29, 1.82) is 0 Å². The summed E-state index contributed by atoms with van der Waals surface area (Å²) in [6.07, 6.45) is 5.00. The van der Waals surface area contributed by atoms with E-state index >= 15 is 0 Å². The van der Waals surface area contributed by atoms with Gasteiger partial charge in [0, 0.05) is 37.6 Å². The van der Waals surface area contributed by atoms with Gasteiger partial charge in [-0.05, 0) is 36.2 Å². The number of likely N-dealkylation sites (tertiary alicyclic amines) is 1. The second kappa shape index (κ2) is 8.60. The fourth-order valence-corrected chi connectivity index (χ4v) is 3.51. The second-order valence-electron chi connectivity index (χ2n) is 7.01. The van der Waals surface area contributed by atoms with Crippen LogP contribution in [0.5, 0.6) is 0 Å². The van der Waals surface area contributed by atoms with Crippen LogP contribution < -0.4 is 10.6 Å². The van der Waals surface area contributed by atoms with Crippen LogP contribution in [0.4, 0.5) is 10.5 Å². The van der Waals surface area contributed by atoms with Crippen molar-refractivity contribution < 1.29 is 9.59 Å². The lowest BCUT2D eigenvalue weighted by Gasteiger charge is -2.25. The third-order valence-corrected chi connectivity index (χ3v) is 4.95. The van der Waals surface area contributed by atoms with E-state index in [0.717, 1.165) is 24.2 Å². The van der Waals surface area contributed by atoms with E-state index in [9.17, 15) is 9.59 Å². The summed E-state index contributed by atoms with van der Waals surface area (Å²) in [7, 11) is 0. The topological polar surface area (TPSA) is 79.3 Å². The Hall–Kier alpha value is -3.61. The first kappa shape index (κ1) is 18.7. The van der Waals surface area contributed by atoms with Crippen molar-refractivity contribution in [3.63, 3.8) is 0 Å². The van der Waals surface area contributed by atoms with Crippen molar-refractivity contribution in [1.82, 2.24) is 20.0 Å². The average Bonchev–Trinajstić information content (AvgIpc) is 3.41. The molecule has 7 heteroatoms. The van der Waals surface area contributed by atoms with E-state index in [-0.39, 0.29) is 18.0 Å². The lowest BCUT2D eigenvalue weighted by atomic mass is 10.1. The first-order valence-corrected chi connectivity index (χ1v) is 9.69. The number of carbonyl (C=O) groups excluding carboxylic acids is 2. The Kier molecular flexibility index (Phi) is 5.56. The maximum Gasteiger partial charge on any atom is 0.319 e. The van der Waals surface area contributed by atoms with E-state index in [1.54, 1.807) is 10.9 Å². The van der Waals surface area contributed by atoms with Crippen molar-refractivity contribution in [3.8, 4) is 5.69 Å². The highest BCUT2D eigenvalue weighted by Crippen LogP contribution is 2.19. The Morgan fingerprint density at radius 2 is 1.97 bits per heavy atom. The molecule has 3 aromatic rings. The van der Waals surface area contributed by atoms with E-state index in [0.29, 0.717) is 18.7 Å². The SMILES string of the molecule is O=C(Nc1cccc(-n2cccn2)c1)N[C@@H](CN1CCCC1=O)c1ccccc1. The van der Waals surface area contributed by atoms with Crippen molar-refractivity contribution in [2.75, 3.05) is 18.4 Å². The number of rotatable bonds is 6. The van der Waals surface area contributed by atoms with Crippen molar-refractivity contribution >= 4 is 17.6 Å². The van der Waals surface area contributed by atoms with Gasteiger partial charge < -0.3 is 15.5 Å². The molecule has 2 heterocycles. The Labute approximate surface area is 169 Å². The summed E-state index contributed by atoms with van der Waals surface area (Å²) in [4.78, 5) is 26.6. The molecule has 29 heavy (non-hydrogen) atoms. The van der Waals surface area contributed by atoms with Gasteiger partial charge in [0.2, 0.25) is 5.91 Å². The minimum absolute atomic E-state index is 0.139. The van der Waals surface area contributed by atoms with Gasteiger partial charge >= 0.3 is 6.03 Å². The Bertz CT molecular complexity index is 972. The highest BCUT2D eigenvalue weighted by Gasteiger charge is 2.25. The summed E-state index contributed by atoms with van der Waals surface area (Å²) in [5, 5.41) is 10.1. The molecule has 0 saturated carbocycles. The number of hydrogen-bond acceptors (Lipinski definition) is 3. The Morgan fingerprint density at radius 3 is 2.69 bits per heavy atom. The van der Waals surface area contributed by atoms with Crippen LogP contribution in [0.3, 0.4) is 0 Å². The number of anilines is 1. The zero-order chi connectivity index (χ0) is 20.1. The molecule has 2 aromatic carbocycles. The highest BCUT2D eigenvalue weighted by atomic mass is 16.2. The number of hydrogen-bond donors (Lipinski definition) is 2. The number of carbonyl (C=O) groups is 2. The average molecular weight is 389 g/mol. The third kappa shape index (κ3) is 4.63. The smallest absolute Gasteiger partial charge is 0.319 e. The highest BCUT2D eigenvalue weighted by molar-refractivity contribution is 5.90. The molecule has 1 aliphatic rings. The minimum Gasteiger partial charge on any atom is -0.340 e.